The third-order valence-corrected chi connectivity index (χ3v) is 2.40. The van der Waals surface area contributed by atoms with E-state index in [0.717, 1.165) is 0 Å². The third-order valence-electron chi connectivity index (χ3n) is 2.40. The summed E-state index contributed by atoms with van der Waals surface area (Å²) < 4.78 is 0. The van der Waals surface area contributed by atoms with E-state index in [1.165, 1.54) is 6.07 Å². The second kappa shape index (κ2) is 7.31. The highest BCUT2D eigenvalue weighted by atomic mass is 16.6. The van der Waals surface area contributed by atoms with E-state index in [4.69, 9.17) is 10.4 Å². The molecule has 0 radical (unpaired) electrons. The van der Waals surface area contributed by atoms with Gasteiger partial charge in [-0.25, -0.2) is 0 Å². The Morgan fingerprint density at radius 3 is 2.84 bits per heavy atom. The third kappa shape index (κ3) is 4.54. The number of nitriles is 1. The summed E-state index contributed by atoms with van der Waals surface area (Å²) >= 11 is 0. The largest absolute Gasteiger partial charge is 0.392 e. The number of rotatable bonds is 7. The highest BCUT2D eigenvalue weighted by molar-refractivity contribution is 5.68. The average Bonchev–Trinajstić information content (AvgIpc) is 2.37. The van der Waals surface area contributed by atoms with Gasteiger partial charge in [0.1, 0.15) is 17.3 Å². The number of aliphatic hydroxyl groups is 1. The minimum Gasteiger partial charge on any atom is -0.392 e. The van der Waals surface area contributed by atoms with Crippen LogP contribution in [0.5, 0.6) is 0 Å². The van der Waals surface area contributed by atoms with Crippen molar-refractivity contribution < 1.29 is 10.0 Å². The first-order valence-electron chi connectivity index (χ1n) is 5.86. The van der Waals surface area contributed by atoms with Crippen LogP contribution in [0, 0.1) is 21.4 Å². The van der Waals surface area contributed by atoms with Crippen LogP contribution in [0.1, 0.15) is 12.5 Å². The lowest BCUT2D eigenvalue weighted by Crippen LogP contribution is -2.29. The summed E-state index contributed by atoms with van der Waals surface area (Å²) in [7, 11) is 0. The van der Waals surface area contributed by atoms with E-state index in [0.29, 0.717) is 25.3 Å². The van der Waals surface area contributed by atoms with Gasteiger partial charge >= 0.3 is 5.69 Å². The van der Waals surface area contributed by atoms with Gasteiger partial charge in [-0.3, -0.25) is 10.1 Å². The van der Waals surface area contributed by atoms with Crippen LogP contribution in [0.4, 0.5) is 11.4 Å². The average molecular weight is 264 g/mol. The van der Waals surface area contributed by atoms with Gasteiger partial charge in [0, 0.05) is 19.6 Å². The van der Waals surface area contributed by atoms with Crippen molar-refractivity contribution in [3.63, 3.8) is 0 Å². The predicted molar refractivity (Wildman–Crippen MR) is 70.9 cm³/mol. The Hall–Kier alpha value is -2.17. The fraction of sp³-hybridized carbons (Fsp3) is 0.417. The number of nitro benzene ring substituents is 1. The standard InChI is InChI=1S/C12H16N4O3/c1-9(17)8-14-5-6-15-11-4-2-3-10(7-13)12(11)16(18)19/h2-4,9,14-15,17H,5-6,8H2,1H3. The zero-order chi connectivity index (χ0) is 14.3. The quantitative estimate of drug-likeness (QED) is 0.382. The zero-order valence-electron chi connectivity index (χ0n) is 10.6. The molecule has 102 valence electrons. The van der Waals surface area contributed by atoms with Crippen molar-refractivity contribution in [2.45, 2.75) is 13.0 Å². The normalized spacial score (nSPS) is 11.6. The predicted octanol–water partition coefficient (Wildman–Crippen LogP) is 0.849. The Bertz CT molecular complexity index is 482. The molecule has 0 aliphatic carbocycles. The van der Waals surface area contributed by atoms with Crippen molar-refractivity contribution in [3.8, 4) is 6.07 Å². The Kier molecular flexibility index (Phi) is 5.73. The maximum atomic E-state index is 10.9. The maximum Gasteiger partial charge on any atom is 0.309 e. The summed E-state index contributed by atoms with van der Waals surface area (Å²) in [4.78, 5) is 10.4. The molecule has 1 aromatic rings. The number of anilines is 1. The number of para-hydroxylation sites is 1. The molecule has 1 rings (SSSR count). The molecule has 1 aromatic carbocycles. The lowest BCUT2D eigenvalue weighted by atomic mass is 10.1. The second-order valence-corrected chi connectivity index (χ2v) is 4.05. The Morgan fingerprint density at radius 2 is 2.26 bits per heavy atom. The smallest absolute Gasteiger partial charge is 0.309 e. The van der Waals surface area contributed by atoms with E-state index in [2.05, 4.69) is 10.6 Å². The fourth-order valence-corrected chi connectivity index (χ4v) is 1.57. The van der Waals surface area contributed by atoms with Crippen molar-refractivity contribution in [1.82, 2.24) is 5.32 Å². The van der Waals surface area contributed by atoms with Crippen molar-refractivity contribution in [2.24, 2.45) is 0 Å². The summed E-state index contributed by atoms with van der Waals surface area (Å²) in [6.45, 7) is 3.14. The molecule has 0 aliphatic rings. The van der Waals surface area contributed by atoms with Crippen LogP contribution in [-0.4, -0.2) is 35.8 Å². The summed E-state index contributed by atoms with van der Waals surface area (Å²) in [5.74, 6) is 0. The highest BCUT2D eigenvalue weighted by Gasteiger charge is 2.18. The van der Waals surface area contributed by atoms with E-state index >= 15 is 0 Å². The molecule has 1 unspecified atom stereocenters. The molecule has 0 bridgehead atoms. The van der Waals surface area contributed by atoms with Gasteiger partial charge in [0.2, 0.25) is 0 Å². The number of hydrogen-bond acceptors (Lipinski definition) is 6. The maximum absolute atomic E-state index is 10.9. The molecule has 1 atom stereocenters. The molecule has 0 saturated heterocycles. The summed E-state index contributed by atoms with van der Waals surface area (Å²) in [5, 5.41) is 34.7. The summed E-state index contributed by atoms with van der Waals surface area (Å²) in [6.07, 6.45) is -0.434. The molecule has 0 saturated carbocycles. The van der Waals surface area contributed by atoms with E-state index < -0.39 is 11.0 Å². The fourth-order valence-electron chi connectivity index (χ4n) is 1.57. The Labute approximate surface area is 111 Å². The minimum atomic E-state index is -0.565. The number of aliphatic hydroxyl groups excluding tert-OH is 1. The van der Waals surface area contributed by atoms with Gasteiger partial charge in [-0.05, 0) is 19.1 Å². The molecule has 3 N–H and O–H groups in total. The number of hydrogen-bond donors (Lipinski definition) is 3. The van der Waals surface area contributed by atoms with E-state index in [9.17, 15) is 10.1 Å². The number of nitrogens with zero attached hydrogens (tertiary/aromatic N) is 2. The topological polar surface area (TPSA) is 111 Å². The lowest BCUT2D eigenvalue weighted by molar-refractivity contribution is -0.384. The van der Waals surface area contributed by atoms with Crippen molar-refractivity contribution in [1.29, 1.82) is 5.26 Å². The first kappa shape index (κ1) is 14.9. The summed E-state index contributed by atoms with van der Waals surface area (Å²) in [5.41, 5.74) is 0.148. The number of nitrogens with one attached hydrogen (secondary N) is 2. The highest BCUT2D eigenvalue weighted by Crippen LogP contribution is 2.27. The molecule has 7 heteroatoms. The molecule has 0 aromatic heterocycles. The van der Waals surface area contributed by atoms with Crippen LogP contribution in [0.3, 0.4) is 0 Å². The molecule has 0 fully saturated rings. The Balaban J connectivity index is 2.64. The molecular formula is C12H16N4O3. The second-order valence-electron chi connectivity index (χ2n) is 4.05. The number of nitro groups is 1. The van der Waals surface area contributed by atoms with Crippen LogP contribution in [-0.2, 0) is 0 Å². The van der Waals surface area contributed by atoms with Crippen LogP contribution >= 0.6 is 0 Å². The van der Waals surface area contributed by atoms with E-state index in [1.54, 1.807) is 25.1 Å². The van der Waals surface area contributed by atoms with Crippen molar-refractivity contribution >= 4 is 11.4 Å². The van der Waals surface area contributed by atoms with Gasteiger partial charge in [0.15, 0.2) is 0 Å². The minimum absolute atomic E-state index is 0.0342. The van der Waals surface area contributed by atoms with Gasteiger partial charge in [-0.1, -0.05) is 6.07 Å². The van der Waals surface area contributed by atoms with E-state index in [-0.39, 0.29) is 11.3 Å². The van der Waals surface area contributed by atoms with Gasteiger partial charge in [-0.15, -0.1) is 0 Å². The monoisotopic (exact) mass is 264 g/mol. The van der Waals surface area contributed by atoms with Gasteiger partial charge in [-0.2, -0.15) is 5.26 Å². The molecule has 0 aliphatic heterocycles. The molecule has 0 amide bonds. The van der Waals surface area contributed by atoms with Gasteiger partial charge < -0.3 is 15.7 Å². The first-order chi connectivity index (χ1) is 9.06. The molecule has 19 heavy (non-hydrogen) atoms. The van der Waals surface area contributed by atoms with Gasteiger partial charge in [0.25, 0.3) is 0 Å². The zero-order valence-corrected chi connectivity index (χ0v) is 10.6. The van der Waals surface area contributed by atoms with E-state index in [1.807, 2.05) is 0 Å². The Morgan fingerprint density at radius 1 is 1.53 bits per heavy atom. The van der Waals surface area contributed by atoms with Crippen LogP contribution in [0.2, 0.25) is 0 Å². The SMILES string of the molecule is CC(O)CNCCNc1cccc(C#N)c1[N+](=O)[O-]. The summed E-state index contributed by atoms with van der Waals surface area (Å²) in [6, 6.07) is 6.37. The number of benzene rings is 1. The molecular weight excluding hydrogens is 248 g/mol. The van der Waals surface area contributed by atoms with Gasteiger partial charge in [0.05, 0.1) is 11.0 Å². The van der Waals surface area contributed by atoms with Crippen LogP contribution in [0.25, 0.3) is 0 Å². The van der Waals surface area contributed by atoms with Crippen LogP contribution < -0.4 is 10.6 Å². The van der Waals surface area contributed by atoms with Crippen LogP contribution in [0.15, 0.2) is 18.2 Å². The first-order valence-corrected chi connectivity index (χ1v) is 5.86. The lowest BCUT2D eigenvalue weighted by Gasteiger charge is -2.09. The molecule has 0 heterocycles. The van der Waals surface area contributed by atoms with Crippen molar-refractivity contribution in [3.05, 3.63) is 33.9 Å². The molecule has 7 nitrogen and oxygen atoms in total. The molecule has 0 spiro atoms. The van der Waals surface area contributed by atoms with Crippen molar-refractivity contribution in [2.75, 3.05) is 25.0 Å².